The van der Waals surface area contributed by atoms with Crippen LogP contribution in [-0.2, 0) is 14.3 Å². The van der Waals surface area contributed by atoms with Crippen molar-refractivity contribution in [1.82, 2.24) is 15.5 Å². The van der Waals surface area contributed by atoms with Crippen molar-refractivity contribution < 1.29 is 19.1 Å². The predicted octanol–water partition coefficient (Wildman–Crippen LogP) is 4.90. The molecule has 7 nitrogen and oxygen atoms in total. The number of ether oxygens (including phenoxy) is 1. The fourth-order valence-corrected chi connectivity index (χ4v) is 3.73. The number of amides is 3. The molecule has 3 unspecified atom stereocenters. The third kappa shape index (κ3) is 9.20. The number of carbonyl (C=O) groups excluding carboxylic acids is 3. The summed E-state index contributed by atoms with van der Waals surface area (Å²) in [4.78, 5) is 41.3. The molecule has 0 saturated carbocycles. The van der Waals surface area contributed by atoms with Crippen LogP contribution in [0.1, 0.15) is 78.5 Å². The molecule has 1 aromatic rings. The van der Waals surface area contributed by atoms with Gasteiger partial charge in [-0.15, -0.1) is 6.58 Å². The lowest BCUT2D eigenvalue weighted by molar-refractivity contribution is -0.142. The van der Waals surface area contributed by atoms with Crippen molar-refractivity contribution >= 4 is 17.9 Å². The largest absolute Gasteiger partial charge is 0.444 e. The molecule has 0 aliphatic carbocycles. The molecule has 0 radical (unpaired) electrons. The van der Waals surface area contributed by atoms with Gasteiger partial charge in [-0.2, -0.15) is 0 Å². The van der Waals surface area contributed by atoms with Crippen molar-refractivity contribution in [2.45, 2.75) is 92.0 Å². The number of carbonyl (C=O) groups is 3. The minimum Gasteiger partial charge on any atom is -0.444 e. The van der Waals surface area contributed by atoms with Gasteiger partial charge >= 0.3 is 6.09 Å². The Morgan fingerprint density at radius 1 is 1.15 bits per heavy atom. The molecular weight excluding hydrogens is 430 g/mol. The molecule has 0 aromatic heterocycles. The van der Waals surface area contributed by atoms with Gasteiger partial charge in [0.25, 0.3) is 0 Å². The fourth-order valence-electron chi connectivity index (χ4n) is 3.73. The second-order valence-corrected chi connectivity index (χ2v) is 10.2. The molecule has 3 atom stereocenters. The van der Waals surface area contributed by atoms with Crippen LogP contribution in [0.4, 0.5) is 4.79 Å². The number of nitrogens with one attached hydrogen (secondary N) is 2. The minimum absolute atomic E-state index is 0.0359. The highest BCUT2D eigenvalue weighted by Gasteiger charge is 2.37. The fraction of sp³-hybridized carbons (Fsp3) is 0.593. The molecule has 7 heteroatoms. The standard InChI is InChI=1S/C27H43N3O4/c1-10-13-20(6)28-24(31)23(21-15-12-14-19(5)17-21)30(16-11-2)25(32)22(18(3)4)29-26(33)34-27(7,8)9/h11-12,14-15,17-18,20,22-23H,2,10,13,16H2,1,3-9H3,(H,28,31)(H,29,33). The average molecular weight is 474 g/mol. The van der Waals surface area contributed by atoms with Crippen LogP contribution in [0.5, 0.6) is 0 Å². The molecule has 0 spiro atoms. The molecule has 0 aliphatic heterocycles. The molecule has 0 saturated heterocycles. The molecule has 0 fully saturated rings. The van der Waals surface area contributed by atoms with Gasteiger partial charge in [-0.1, -0.05) is 63.1 Å². The number of aryl methyl sites for hydroxylation is 1. The van der Waals surface area contributed by atoms with E-state index in [4.69, 9.17) is 4.74 Å². The van der Waals surface area contributed by atoms with Crippen molar-refractivity contribution in [3.63, 3.8) is 0 Å². The van der Waals surface area contributed by atoms with Gasteiger partial charge in [-0.05, 0) is 52.5 Å². The molecule has 0 bridgehead atoms. The van der Waals surface area contributed by atoms with Gasteiger partial charge in [0.2, 0.25) is 11.8 Å². The van der Waals surface area contributed by atoms with Crippen molar-refractivity contribution in [2.24, 2.45) is 5.92 Å². The number of alkyl carbamates (subject to hydrolysis) is 1. The Morgan fingerprint density at radius 3 is 2.29 bits per heavy atom. The molecule has 1 aromatic carbocycles. The van der Waals surface area contributed by atoms with Crippen LogP contribution in [0, 0.1) is 12.8 Å². The van der Waals surface area contributed by atoms with E-state index in [1.165, 1.54) is 4.90 Å². The van der Waals surface area contributed by atoms with Crippen LogP contribution < -0.4 is 10.6 Å². The van der Waals surface area contributed by atoms with Crippen LogP contribution in [0.3, 0.4) is 0 Å². The minimum atomic E-state index is -0.872. The topological polar surface area (TPSA) is 87.7 Å². The number of benzene rings is 1. The van der Waals surface area contributed by atoms with Crippen LogP contribution in [0.25, 0.3) is 0 Å². The predicted molar refractivity (Wildman–Crippen MR) is 136 cm³/mol. The normalized spacial score (nSPS) is 14.0. The van der Waals surface area contributed by atoms with E-state index < -0.39 is 23.8 Å². The highest BCUT2D eigenvalue weighted by Crippen LogP contribution is 2.25. The number of nitrogens with zero attached hydrogens (tertiary/aromatic N) is 1. The van der Waals surface area contributed by atoms with E-state index >= 15 is 0 Å². The summed E-state index contributed by atoms with van der Waals surface area (Å²) in [7, 11) is 0. The third-order valence-electron chi connectivity index (χ3n) is 5.24. The van der Waals surface area contributed by atoms with Gasteiger partial charge in [0.05, 0.1) is 0 Å². The lowest BCUT2D eigenvalue weighted by atomic mass is 9.97. The zero-order chi connectivity index (χ0) is 26.1. The Bertz CT molecular complexity index is 845. The Morgan fingerprint density at radius 2 is 1.79 bits per heavy atom. The van der Waals surface area contributed by atoms with Gasteiger partial charge in [-0.25, -0.2) is 4.79 Å². The molecule has 2 N–H and O–H groups in total. The van der Waals surface area contributed by atoms with Gasteiger partial charge in [0.1, 0.15) is 17.7 Å². The molecule has 190 valence electrons. The smallest absolute Gasteiger partial charge is 0.408 e. The maximum Gasteiger partial charge on any atom is 0.408 e. The summed E-state index contributed by atoms with van der Waals surface area (Å²) in [5, 5.41) is 5.76. The van der Waals surface area contributed by atoms with Gasteiger partial charge in [0.15, 0.2) is 0 Å². The zero-order valence-electron chi connectivity index (χ0n) is 22.1. The molecule has 0 aliphatic rings. The summed E-state index contributed by atoms with van der Waals surface area (Å²) >= 11 is 0. The van der Waals surface area contributed by atoms with E-state index in [0.29, 0.717) is 5.56 Å². The van der Waals surface area contributed by atoms with Crippen molar-refractivity contribution in [1.29, 1.82) is 0 Å². The summed E-state index contributed by atoms with van der Waals surface area (Å²) in [6, 6.07) is 5.79. The van der Waals surface area contributed by atoms with Crippen LogP contribution in [0.2, 0.25) is 0 Å². The van der Waals surface area contributed by atoms with Gasteiger partial charge in [-0.3, -0.25) is 9.59 Å². The monoisotopic (exact) mass is 473 g/mol. The first kappa shape index (κ1) is 29.2. The molecular formula is C27H43N3O4. The highest BCUT2D eigenvalue weighted by molar-refractivity contribution is 5.92. The van der Waals surface area contributed by atoms with Crippen molar-refractivity contribution in [3.05, 3.63) is 48.0 Å². The maximum absolute atomic E-state index is 13.8. The molecule has 0 heterocycles. The SMILES string of the molecule is C=CCN(C(=O)C(NC(=O)OC(C)(C)C)C(C)C)C(C(=O)NC(C)CCC)c1cccc(C)c1. The Hall–Kier alpha value is -2.83. The Labute approximate surface area is 205 Å². The van der Waals surface area contributed by atoms with Crippen LogP contribution in [-0.4, -0.2) is 47.0 Å². The second-order valence-electron chi connectivity index (χ2n) is 10.2. The number of rotatable bonds is 11. The van der Waals surface area contributed by atoms with Gasteiger partial charge in [0, 0.05) is 12.6 Å². The van der Waals surface area contributed by atoms with Crippen LogP contribution in [0.15, 0.2) is 36.9 Å². The summed E-state index contributed by atoms with van der Waals surface area (Å²) < 4.78 is 5.38. The van der Waals surface area contributed by atoms with E-state index in [0.717, 1.165) is 18.4 Å². The average Bonchev–Trinajstić information content (AvgIpc) is 2.70. The van der Waals surface area contributed by atoms with Gasteiger partial charge < -0.3 is 20.3 Å². The maximum atomic E-state index is 13.8. The van der Waals surface area contributed by atoms with E-state index in [1.54, 1.807) is 26.8 Å². The first-order chi connectivity index (χ1) is 15.8. The van der Waals surface area contributed by atoms with E-state index in [-0.39, 0.29) is 30.3 Å². The molecule has 34 heavy (non-hydrogen) atoms. The number of hydrogen-bond donors (Lipinski definition) is 2. The summed E-state index contributed by atoms with van der Waals surface area (Å²) in [5.74, 6) is -0.861. The summed E-state index contributed by atoms with van der Waals surface area (Å²) in [6.45, 7) is 18.9. The zero-order valence-corrected chi connectivity index (χ0v) is 22.1. The summed E-state index contributed by atoms with van der Waals surface area (Å²) in [5.41, 5.74) is 0.987. The van der Waals surface area contributed by atoms with E-state index in [2.05, 4.69) is 24.1 Å². The van der Waals surface area contributed by atoms with Crippen LogP contribution >= 0.6 is 0 Å². The number of hydrogen-bond acceptors (Lipinski definition) is 4. The first-order valence-corrected chi connectivity index (χ1v) is 12.1. The Kier molecular flexibility index (Phi) is 11.3. The lowest BCUT2D eigenvalue weighted by Gasteiger charge is -2.35. The molecule has 3 amide bonds. The molecule has 1 rings (SSSR count). The lowest BCUT2D eigenvalue weighted by Crippen LogP contribution is -2.55. The second kappa shape index (κ2) is 13.2. The van der Waals surface area contributed by atoms with E-state index in [9.17, 15) is 14.4 Å². The first-order valence-electron chi connectivity index (χ1n) is 12.1. The van der Waals surface area contributed by atoms with Crippen molar-refractivity contribution in [3.8, 4) is 0 Å². The summed E-state index contributed by atoms with van der Waals surface area (Å²) in [6.07, 6.45) is 2.68. The quantitative estimate of drug-likeness (QED) is 0.447. The third-order valence-corrected chi connectivity index (χ3v) is 5.24. The Balaban J connectivity index is 3.41. The van der Waals surface area contributed by atoms with E-state index in [1.807, 2.05) is 52.0 Å². The highest BCUT2D eigenvalue weighted by atomic mass is 16.6. The van der Waals surface area contributed by atoms with Crippen molar-refractivity contribution in [2.75, 3.05) is 6.54 Å².